The summed E-state index contributed by atoms with van der Waals surface area (Å²) in [5.41, 5.74) is -0.195. The molecule has 1 N–H and O–H groups in total. The molecule has 0 bridgehead atoms. The van der Waals surface area contributed by atoms with E-state index in [0.29, 0.717) is 6.54 Å². The summed E-state index contributed by atoms with van der Waals surface area (Å²) in [5.74, 6) is 0.405. The Labute approximate surface area is 78.1 Å². The summed E-state index contributed by atoms with van der Waals surface area (Å²) >= 11 is 0. The summed E-state index contributed by atoms with van der Waals surface area (Å²) in [5, 5.41) is 11.7. The molecule has 0 atom stereocenters. The molecule has 3 heteroatoms. The van der Waals surface area contributed by atoms with Gasteiger partial charge in [0.25, 0.3) is 0 Å². The molecule has 2 saturated carbocycles. The van der Waals surface area contributed by atoms with Gasteiger partial charge in [0.15, 0.2) is 0 Å². The van der Waals surface area contributed by atoms with Gasteiger partial charge in [-0.3, -0.25) is 4.79 Å². The third-order valence-electron chi connectivity index (χ3n) is 3.17. The topological polar surface area (TPSA) is 52.9 Å². The van der Waals surface area contributed by atoms with Gasteiger partial charge in [-0.1, -0.05) is 6.42 Å². The highest BCUT2D eigenvalue weighted by molar-refractivity contribution is 5.79. The van der Waals surface area contributed by atoms with Gasteiger partial charge >= 0.3 is 0 Å². The van der Waals surface area contributed by atoms with Gasteiger partial charge in [-0.2, -0.15) is 5.26 Å². The van der Waals surface area contributed by atoms with Crippen LogP contribution in [0.1, 0.15) is 32.1 Å². The number of hydrogen-bond acceptors (Lipinski definition) is 2. The lowest BCUT2D eigenvalue weighted by atomic mass is 9.85. The van der Waals surface area contributed by atoms with Crippen molar-refractivity contribution in [3.8, 4) is 6.07 Å². The molecule has 0 aromatic heterocycles. The van der Waals surface area contributed by atoms with Crippen molar-refractivity contribution in [3.05, 3.63) is 0 Å². The van der Waals surface area contributed by atoms with Gasteiger partial charge in [0, 0.05) is 12.5 Å². The van der Waals surface area contributed by atoms with E-state index >= 15 is 0 Å². The first-order valence-electron chi connectivity index (χ1n) is 4.95. The van der Waals surface area contributed by atoms with E-state index in [1.54, 1.807) is 0 Å². The van der Waals surface area contributed by atoms with Crippen LogP contribution in [-0.4, -0.2) is 12.5 Å². The van der Waals surface area contributed by atoms with Crippen LogP contribution in [-0.2, 0) is 4.79 Å². The van der Waals surface area contributed by atoms with E-state index in [-0.39, 0.29) is 17.2 Å². The number of hydrogen-bond donors (Lipinski definition) is 1. The third kappa shape index (κ3) is 1.67. The Bertz CT molecular complexity index is 259. The molecule has 0 aliphatic heterocycles. The molecular formula is C10H14N2O. The van der Waals surface area contributed by atoms with Crippen LogP contribution in [0.3, 0.4) is 0 Å². The van der Waals surface area contributed by atoms with Crippen molar-refractivity contribution in [1.82, 2.24) is 5.32 Å². The van der Waals surface area contributed by atoms with Crippen LogP contribution in [0.4, 0.5) is 0 Å². The van der Waals surface area contributed by atoms with Crippen LogP contribution in [0.2, 0.25) is 0 Å². The van der Waals surface area contributed by atoms with Gasteiger partial charge in [-0.15, -0.1) is 0 Å². The first-order chi connectivity index (χ1) is 6.26. The highest BCUT2D eigenvalue weighted by atomic mass is 16.1. The van der Waals surface area contributed by atoms with Gasteiger partial charge in [-0.05, 0) is 25.7 Å². The zero-order valence-corrected chi connectivity index (χ0v) is 7.68. The Hall–Kier alpha value is -1.04. The van der Waals surface area contributed by atoms with Crippen molar-refractivity contribution >= 4 is 5.91 Å². The number of rotatable bonds is 3. The maximum Gasteiger partial charge on any atom is 0.223 e. The Morgan fingerprint density at radius 2 is 2.23 bits per heavy atom. The molecule has 2 fully saturated rings. The fraction of sp³-hybridized carbons (Fsp3) is 0.800. The SMILES string of the molecule is N#CC1(CNC(=O)C2CCC2)CC1. The minimum absolute atomic E-state index is 0.160. The second-order valence-corrected chi connectivity index (χ2v) is 4.24. The largest absolute Gasteiger partial charge is 0.354 e. The average molecular weight is 178 g/mol. The molecule has 0 spiro atoms. The minimum atomic E-state index is -0.195. The van der Waals surface area contributed by atoms with E-state index < -0.39 is 0 Å². The fourth-order valence-electron chi connectivity index (χ4n) is 1.55. The molecule has 70 valence electrons. The number of carbonyl (C=O) groups excluding carboxylic acids is 1. The highest BCUT2D eigenvalue weighted by Gasteiger charge is 2.43. The molecule has 0 heterocycles. The quantitative estimate of drug-likeness (QED) is 0.706. The summed E-state index contributed by atoms with van der Waals surface area (Å²) < 4.78 is 0. The monoisotopic (exact) mass is 178 g/mol. The van der Waals surface area contributed by atoms with Crippen LogP contribution in [0.25, 0.3) is 0 Å². The molecule has 2 aliphatic rings. The Morgan fingerprint density at radius 3 is 2.62 bits per heavy atom. The molecule has 3 nitrogen and oxygen atoms in total. The lowest BCUT2D eigenvalue weighted by Gasteiger charge is -2.24. The molecular weight excluding hydrogens is 164 g/mol. The third-order valence-corrected chi connectivity index (χ3v) is 3.17. The molecule has 0 unspecified atom stereocenters. The average Bonchev–Trinajstić information content (AvgIpc) is 2.78. The van der Waals surface area contributed by atoms with Gasteiger partial charge in [0.1, 0.15) is 0 Å². The Kier molecular flexibility index (Phi) is 1.99. The molecule has 2 rings (SSSR count). The summed E-state index contributed by atoms with van der Waals surface area (Å²) in [4.78, 5) is 11.4. The van der Waals surface area contributed by atoms with Gasteiger partial charge in [0.2, 0.25) is 5.91 Å². The van der Waals surface area contributed by atoms with E-state index in [1.165, 1.54) is 6.42 Å². The zero-order chi connectivity index (χ0) is 9.31. The summed E-state index contributed by atoms with van der Waals surface area (Å²) in [6, 6.07) is 2.27. The molecule has 0 aromatic carbocycles. The smallest absolute Gasteiger partial charge is 0.223 e. The lowest BCUT2D eigenvalue weighted by molar-refractivity contribution is -0.127. The van der Waals surface area contributed by atoms with Crippen molar-refractivity contribution in [3.63, 3.8) is 0 Å². The predicted octanol–water partition coefficient (Wildman–Crippen LogP) is 1.21. The van der Waals surface area contributed by atoms with E-state index in [4.69, 9.17) is 5.26 Å². The normalized spacial score (nSPS) is 24.2. The van der Waals surface area contributed by atoms with Crippen LogP contribution < -0.4 is 5.32 Å². The van der Waals surface area contributed by atoms with Crippen LogP contribution >= 0.6 is 0 Å². The van der Waals surface area contributed by atoms with E-state index in [0.717, 1.165) is 25.7 Å². The van der Waals surface area contributed by atoms with Crippen molar-refractivity contribution in [2.24, 2.45) is 11.3 Å². The second kappa shape index (κ2) is 3.02. The summed E-state index contributed by atoms with van der Waals surface area (Å²) in [6.07, 6.45) is 5.15. The number of carbonyl (C=O) groups is 1. The first kappa shape index (κ1) is 8.55. The van der Waals surface area contributed by atoms with Crippen LogP contribution in [0.15, 0.2) is 0 Å². The summed E-state index contributed by atoms with van der Waals surface area (Å²) in [7, 11) is 0. The summed E-state index contributed by atoms with van der Waals surface area (Å²) in [6.45, 7) is 0.568. The molecule has 2 aliphatic carbocycles. The van der Waals surface area contributed by atoms with Crippen LogP contribution in [0, 0.1) is 22.7 Å². The number of nitrogens with zero attached hydrogens (tertiary/aromatic N) is 1. The van der Waals surface area contributed by atoms with Crippen molar-refractivity contribution < 1.29 is 4.79 Å². The standard InChI is InChI=1S/C10H14N2O/c11-6-10(4-5-10)7-12-9(13)8-2-1-3-8/h8H,1-5,7H2,(H,12,13). The fourth-order valence-corrected chi connectivity index (χ4v) is 1.55. The minimum Gasteiger partial charge on any atom is -0.354 e. The van der Waals surface area contributed by atoms with Crippen LogP contribution in [0.5, 0.6) is 0 Å². The molecule has 0 radical (unpaired) electrons. The van der Waals surface area contributed by atoms with Crippen molar-refractivity contribution in [1.29, 1.82) is 5.26 Å². The van der Waals surface area contributed by atoms with Crippen molar-refractivity contribution in [2.75, 3.05) is 6.54 Å². The Balaban J connectivity index is 1.73. The Morgan fingerprint density at radius 1 is 1.54 bits per heavy atom. The molecule has 0 saturated heterocycles. The van der Waals surface area contributed by atoms with E-state index in [2.05, 4.69) is 11.4 Å². The van der Waals surface area contributed by atoms with E-state index in [1.807, 2.05) is 0 Å². The van der Waals surface area contributed by atoms with Gasteiger partial charge in [0.05, 0.1) is 11.5 Å². The number of nitriles is 1. The molecule has 1 amide bonds. The number of amides is 1. The zero-order valence-electron chi connectivity index (χ0n) is 7.68. The first-order valence-corrected chi connectivity index (χ1v) is 4.95. The number of nitrogens with one attached hydrogen (secondary N) is 1. The predicted molar refractivity (Wildman–Crippen MR) is 47.6 cm³/mol. The molecule has 13 heavy (non-hydrogen) atoms. The second-order valence-electron chi connectivity index (χ2n) is 4.24. The molecule has 0 aromatic rings. The van der Waals surface area contributed by atoms with Gasteiger partial charge in [-0.25, -0.2) is 0 Å². The van der Waals surface area contributed by atoms with E-state index in [9.17, 15) is 4.79 Å². The lowest BCUT2D eigenvalue weighted by Crippen LogP contribution is -2.37. The maximum atomic E-state index is 11.4. The van der Waals surface area contributed by atoms with Gasteiger partial charge < -0.3 is 5.32 Å². The van der Waals surface area contributed by atoms with Crippen molar-refractivity contribution in [2.45, 2.75) is 32.1 Å². The maximum absolute atomic E-state index is 11.4. The highest BCUT2D eigenvalue weighted by Crippen LogP contribution is 2.44.